The van der Waals surface area contributed by atoms with Crippen molar-refractivity contribution in [2.45, 2.75) is 71.1 Å². The van der Waals surface area contributed by atoms with Crippen LogP contribution in [0.3, 0.4) is 0 Å². The van der Waals surface area contributed by atoms with E-state index in [1.807, 2.05) is 6.08 Å². The zero-order valence-electron chi connectivity index (χ0n) is 11.7. The summed E-state index contributed by atoms with van der Waals surface area (Å²) >= 11 is 0. The van der Waals surface area contributed by atoms with Crippen molar-refractivity contribution in [3.63, 3.8) is 0 Å². The van der Waals surface area contributed by atoms with E-state index in [4.69, 9.17) is 0 Å². The molecule has 0 aromatic rings. The van der Waals surface area contributed by atoms with Gasteiger partial charge in [0.25, 0.3) is 0 Å². The van der Waals surface area contributed by atoms with Crippen molar-refractivity contribution in [3.05, 3.63) is 12.7 Å². The summed E-state index contributed by atoms with van der Waals surface area (Å²) in [6.07, 6.45) is 16.1. The van der Waals surface area contributed by atoms with E-state index in [-0.39, 0.29) is 12.4 Å². The molecule has 0 aliphatic rings. The Morgan fingerprint density at radius 2 is 1.29 bits per heavy atom. The van der Waals surface area contributed by atoms with Gasteiger partial charge < -0.3 is 5.32 Å². The first-order chi connectivity index (χ1) is 7.91. The highest BCUT2D eigenvalue weighted by Crippen LogP contribution is 2.10. The molecule has 0 aromatic carbocycles. The largest absolute Gasteiger partial charge is 0.313 e. The topological polar surface area (TPSA) is 12.0 Å². The first-order valence-electron chi connectivity index (χ1n) is 7.23. The van der Waals surface area contributed by atoms with Crippen molar-refractivity contribution in [2.75, 3.05) is 13.1 Å². The number of nitrogens with one attached hydrogen (secondary N) is 1. The number of hydrogen-bond donors (Lipinski definition) is 1. The highest BCUT2D eigenvalue weighted by molar-refractivity contribution is 5.85. The van der Waals surface area contributed by atoms with Crippen LogP contribution in [-0.2, 0) is 0 Å². The van der Waals surface area contributed by atoms with Gasteiger partial charge in [-0.3, -0.25) is 0 Å². The van der Waals surface area contributed by atoms with Crippen LogP contribution in [0.15, 0.2) is 12.7 Å². The number of unbranched alkanes of at least 4 members (excludes halogenated alkanes) is 9. The summed E-state index contributed by atoms with van der Waals surface area (Å²) in [5.41, 5.74) is 0. The van der Waals surface area contributed by atoms with Gasteiger partial charge in [-0.25, -0.2) is 0 Å². The van der Waals surface area contributed by atoms with Crippen molar-refractivity contribution in [1.82, 2.24) is 5.32 Å². The monoisotopic (exact) mass is 261 g/mol. The number of hydrogen-bond acceptors (Lipinski definition) is 1. The van der Waals surface area contributed by atoms with Gasteiger partial charge in [-0.2, -0.15) is 0 Å². The third-order valence-corrected chi connectivity index (χ3v) is 3.00. The third kappa shape index (κ3) is 18.5. The quantitative estimate of drug-likeness (QED) is 0.359. The second-order valence-corrected chi connectivity index (χ2v) is 4.67. The fourth-order valence-corrected chi connectivity index (χ4v) is 1.94. The molecule has 0 aliphatic heterocycles. The smallest absolute Gasteiger partial charge is 0.0132 e. The zero-order chi connectivity index (χ0) is 11.9. The standard InChI is InChI=1S/C15H31N.ClH/c1-3-5-6-7-8-9-10-11-12-13-15-16-14-4-2;/h4,16H,2-3,5-15H2,1H3;1H. The molecule has 0 aliphatic carbocycles. The molecule has 0 radical (unpaired) electrons. The van der Waals surface area contributed by atoms with Crippen LogP contribution in [0, 0.1) is 0 Å². The summed E-state index contributed by atoms with van der Waals surface area (Å²) in [6, 6.07) is 0. The van der Waals surface area contributed by atoms with E-state index in [0.29, 0.717) is 0 Å². The maximum atomic E-state index is 3.69. The van der Waals surface area contributed by atoms with Crippen molar-refractivity contribution >= 4 is 12.4 Å². The Bertz CT molecular complexity index is 137. The maximum Gasteiger partial charge on any atom is 0.0132 e. The molecule has 2 heteroatoms. The summed E-state index contributed by atoms with van der Waals surface area (Å²) in [4.78, 5) is 0. The summed E-state index contributed by atoms with van der Waals surface area (Å²) in [5, 5.41) is 3.34. The van der Waals surface area contributed by atoms with E-state index in [1.54, 1.807) is 0 Å². The molecule has 0 saturated heterocycles. The molecule has 0 amide bonds. The van der Waals surface area contributed by atoms with Crippen LogP contribution in [0.25, 0.3) is 0 Å². The third-order valence-electron chi connectivity index (χ3n) is 3.00. The Morgan fingerprint density at radius 3 is 1.76 bits per heavy atom. The SMILES string of the molecule is C=CCNCCCCCCCCCCCC.Cl. The molecule has 0 unspecified atom stereocenters. The lowest BCUT2D eigenvalue weighted by atomic mass is 10.1. The molecule has 0 fully saturated rings. The van der Waals surface area contributed by atoms with E-state index in [9.17, 15) is 0 Å². The molecule has 0 heterocycles. The van der Waals surface area contributed by atoms with Gasteiger partial charge in [-0.1, -0.05) is 70.8 Å². The Kier molecular flexibility index (Phi) is 20.9. The summed E-state index contributed by atoms with van der Waals surface area (Å²) in [5.74, 6) is 0. The fraction of sp³-hybridized carbons (Fsp3) is 0.867. The predicted octanol–water partition coefficient (Wildman–Crippen LogP) is 5.10. The Balaban J connectivity index is 0. The van der Waals surface area contributed by atoms with Crippen LogP contribution < -0.4 is 5.32 Å². The minimum atomic E-state index is 0. The molecule has 17 heavy (non-hydrogen) atoms. The summed E-state index contributed by atoms with van der Waals surface area (Å²) in [6.45, 7) is 8.08. The van der Waals surface area contributed by atoms with E-state index in [2.05, 4.69) is 18.8 Å². The van der Waals surface area contributed by atoms with Crippen LogP contribution in [0.5, 0.6) is 0 Å². The maximum absolute atomic E-state index is 3.69. The van der Waals surface area contributed by atoms with Crippen LogP contribution in [0.2, 0.25) is 0 Å². The van der Waals surface area contributed by atoms with Crippen LogP contribution in [0.4, 0.5) is 0 Å². The molecule has 0 spiro atoms. The van der Waals surface area contributed by atoms with Gasteiger partial charge in [-0.05, 0) is 13.0 Å². The molecule has 1 nitrogen and oxygen atoms in total. The van der Waals surface area contributed by atoms with Gasteiger partial charge in [0.2, 0.25) is 0 Å². The lowest BCUT2D eigenvalue weighted by Crippen LogP contribution is -2.14. The highest BCUT2D eigenvalue weighted by atomic mass is 35.5. The first kappa shape index (κ1) is 19.3. The second-order valence-electron chi connectivity index (χ2n) is 4.67. The van der Waals surface area contributed by atoms with Gasteiger partial charge in [0.1, 0.15) is 0 Å². The minimum Gasteiger partial charge on any atom is -0.313 e. The van der Waals surface area contributed by atoms with Crippen molar-refractivity contribution in [3.8, 4) is 0 Å². The first-order valence-corrected chi connectivity index (χ1v) is 7.23. The fourth-order valence-electron chi connectivity index (χ4n) is 1.94. The lowest BCUT2D eigenvalue weighted by Gasteiger charge is -2.03. The van der Waals surface area contributed by atoms with E-state index >= 15 is 0 Å². The molecule has 0 saturated carbocycles. The van der Waals surface area contributed by atoms with Crippen LogP contribution >= 0.6 is 12.4 Å². The molecule has 0 aromatic heterocycles. The highest BCUT2D eigenvalue weighted by Gasteiger charge is 1.92. The number of rotatable bonds is 13. The molecular formula is C15H32ClN. The average molecular weight is 262 g/mol. The molecule has 0 atom stereocenters. The lowest BCUT2D eigenvalue weighted by molar-refractivity contribution is 0.549. The van der Waals surface area contributed by atoms with Gasteiger partial charge in [0.05, 0.1) is 0 Å². The van der Waals surface area contributed by atoms with Gasteiger partial charge >= 0.3 is 0 Å². The van der Waals surface area contributed by atoms with E-state index in [0.717, 1.165) is 13.1 Å². The second kappa shape index (κ2) is 18.4. The molecule has 1 N–H and O–H groups in total. The van der Waals surface area contributed by atoms with Gasteiger partial charge in [-0.15, -0.1) is 19.0 Å². The molecule has 0 bridgehead atoms. The van der Waals surface area contributed by atoms with E-state index in [1.165, 1.54) is 64.2 Å². The number of halogens is 1. The normalized spacial score (nSPS) is 9.94. The molecule has 104 valence electrons. The Morgan fingerprint density at radius 1 is 0.824 bits per heavy atom. The minimum absolute atomic E-state index is 0. The van der Waals surface area contributed by atoms with Crippen LogP contribution in [-0.4, -0.2) is 13.1 Å². The Labute approximate surface area is 115 Å². The van der Waals surface area contributed by atoms with Crippen molar-refractivity contribution in [2.24, 2.45) is 0 Å². The van der Waals surface area contributed by atoms with Crippen molar-refractivity contribution in [1.29, 1.82) is 0 Å². The van der Waals surface area contributed by atoms with Crippen molar-refractivity contribution < 1.29 is 0 Å². The van der Waals surface area contributed by atoms with Crippen LogP contribution in [0.1, 0.15) is 71.1 Å². The summed E-state index contributed by atoms with van der Waals surface area (Å²) in [7, 11) is 0. The van der Waals surface area contributed by atoms with Gasteiger partial charge in [0.15, 0.2) is 0 Å². The molecule has 0 rings (SSSR count). The summed E-state index contributed by atoms with van der Waals surface area (Å²) < 4.78 is 0. The Hall–Kier alpha value is -0.0100. The van der Waals surface area contributed by atoms with E-state index < -0.39 is 0 Å². The average Bonchev–Trinajstić information content (AvgIpc) is 2.31. The van der Waals surface area contributed by atoms with Gasteiger partial charge in [0, 0.05) is 6.54 Å². The molecular weight excluding hydrogens is 230 g/mol. The predicted molar refractivity (Wildman–Crippen MR) is 82.2 cm³/mol. The zero-order valence-corrected chi connectivity index (χ0v) is 12.5.